The van der Waals surface area contributed by atoms with Gasteiger partial charge in [-0.3, -0.25) is 0 Å². The topological polar surface area (TPSA) is 124 Å². The highest BCUT2D eigenvalue weighted by molar-refractivity contribution is 5.93. The van der Waals surface area contributed by atoms with Gasteiger partial charge in [-0.05, 0) is 6.07 Å². The van der Waals surface area contributed by atoms with Gasteiger partial charge in [-0.1, -0.05) is 6.07 Å². The van der Waals surface area contributed by atoms with E-state index in [-0.39, 0.29) is 12.1 Å². The van der Waals surface area contributed by atoms with Gasteiger partial charge in [-0.25, -0.2) is 4.79 Å². The van der Waals surface area contributed by atoms with Crippen molar-refractivity contribution < 1.29 is 25.2 Å². The molecule has 1 aromatic carbocycles. The summed E-state index contributed by atoms with van der Waals surface area (Å²) in [6, 6.07) is 2.30. The minimum atomic E-state index is -1.44. The average molecular weight is 213 g/mol. The molecule has 0 heterocycles. The number of hydrogen-bond acceptors (Lipinski definition) is 5. The van der Waals surface area contributed by atoms with Crippen molar-refractivity contribution in [2.24, 2.45) is 5.73 Å². The molecular formula is C9H11NO5. The SMILES string of the molecule is NCC(O)c1ccc(O)c(O)c1C(=O)O. The summed E-state index contributed by atoms with van der Waals surface area (Å²) in [7, 11) is 0. The molecule has 0 fully saturated rings. The Morgan fingerprint density at radius 1 is 1.40 bits per heavy atom. The van der Waals surface area contributed by atoms with Crippen molar-refractivity contribution >= 4 is 5.97 Å². The first kappa shape index (κ1) is 11.3. The molecule has 1 aromatic rings. The first-order valence-electron chi connectivity index (χ1n) is 4.15. The molecule has 1 unspecified atom stereocenters. The number of hydrogen-bond donors (Lipinski definition) is 5. The number of benzene rings is 1. The summed E-state index contributed by atoms with van der Waals surface area (Å²) in [5.74, 6) is -2.77. The molecule has 6 nitrogen and oxygen atoms in total. The number of phenols is 2. The fourth-order valence-electron chi connectivity index (χ4n) is 1.23. The zero-order chi connectivity index (χ0) is 11.6. The Morgan fingerprint density at radius 2 is 2.00 bits per heavy atom. The summed E-state index contributed by atoms with van der Waals surface area (Å²) in [4.78, 5) is 10.8. The van der Waals surface area contributed by atoms with Gasteiger partial charge in [0, 0.05) is 12.1 Å². The average Bonchev–Trinajstić information content (AvgIpc) is 2.20. The van der Waals surface area contributed by atoms with E-state index in [0.717, 1.165) is 6.07 Å². The normalized spacial score (nSPS) is 12.4. The van der Waals surface area contributed by atoms with Crippen molar-refractivity contribution in [3.63, 3.8) is 0 Å². The lowest BCUT2D eigenvalue weighted by Gasteiger charge is -2.13. The van der Waals surface area contributed by atoms with Crippen LogP contribution in [0.3, 0.4) is 0 Å². The van der Waals surface area contributed by atoms with Crippen LogP contribution in [0.5, 0.6) is 11.5 Å². The van der Waals surface area contributed by atoms with Crippen LogP contribution < -0.4 is 5.73 Å². The fraction of sp³-hybridized carbons (Fsp3) is 0.222. The molecular weight excluding hydrogens is 202 g/mol. The molecule has 0 spiro atoms. The van der Waals surface area contributed by atoms with Crippen LogP contribution in [0.4, 0.5) is 0 Å². The van der Waals surface area contributed by atoms with Crippen LogP contribution in [0.25, 0.3) is 0 Å². The van der Waals surface area contributed by atoms with Gasteiger partial charge in [0.15, 0.2) is 11.5 Å². The summed E-state index contributed by atoms with van der Waals surface area (Å²) >= 11 is 0. The number of carboxylic acids is 1. The van der Waals surface area contributed by atoms with Crippen molar-refractivity contribution in [2.75, 3.05) is 6.54 Å². The zero-order valence-corrected chi connectivity index (χ0v) is 7.71. The summed E-state index contributed by atoms with van der Waals surface area (Å²) in [5.41, 5.74) is 4.61. The lowest BCUT2D eigenvalue weighted by atomic mass is 10.0. The molecule has 6 N–H and O–H groups in total. The number of phenolic OH excluding ortho intramolecular Hbond substituents is 1. The lowest BCUT2D eigenvalue weighted by Crippen LogP contribution is -2.15. The van der Waals surface area contributed by atoms with Crippen LogP contribution in [-0.4, -0.2) is 32.9 Å². The Balaban J connectivity index is 3.40. The van der Waals surface area contributed by atoms with Gasteiger partial charge >= 0.3 is 5.97 Å². The van der Waals surface area contributed by atoms with Gasteiger partial charge in [0.25, 0.3) is 0 Å². The number of carboxylic acid groups (broad SMARTS) is 1. The summed E-state index contributed by atoms with van der Waals surface area (Å²) in [6.07, 6.45) is -1.19. The fourth-order valence-corrected chi connectivity index (χ4v) is 1.23. The standard InChI is InChI=1S/C9H11NO5/c10-3-6(12)4-1-2-5(11)8(13)7(4)9(14)15/h1-2,6,11-13H,3,10H2,(H,14,15). The minimum absolute atomic E-state index is 0.0275. The molecule has 0 aliphatic heterocycles. The molecule has 0 aliphatic rings. The van der Waals surface area contributed by atoms with Crippen molar-refractivity contribution in [1.29, 1.82) is 0 Å². The number of aromatic carboxylic acids is 1. The molecule has 0 amide bonds. The maximum absolute atomic E-state index is 10.8. The predicted octanol–water partition coefficient (Wildman–Crippen LogP) is -0.212. The lowest BCUT2D eigenvalue weighted by molar-refractivity contribution is 0.0685. The van der Waals surface area contributed by atoms with Gasteiger partial charge in [-0.2, -0.15) is 0 Å². The number of nitrogens with two attached hydrogens (primary N) is 1. The van der Waals surface area contributed by atoms with Gasteiger partial charge in [0.1, 0.15) is 5.56 Å². The Labute approximate surface area is 85.2 Å². The number of carbonyl (C=O) groups is 1. The maximum Gasteiger partial charge on any atom is 0.340 e. The molecule has 0 radical (unpaired) electrons. The van der Waals surface area contributed by atoms with Crippen LogP contribution >= 0.6 is 0 Å². The highest BCUT2D eigenvalue weighted by atomic mass is 16.4. The van der Waals surface area contributed by atoms with E-state index in [1.807, 2.05) is 0 Å². The number of aliphatic hydroxyl groups excluding tert-OH is 1. The van der Waals surface area contributed by atoms with E-state index in [2.05, 4.69) is 0 Å². The Morgan fingerprint density at radius 3 is 2.47 bits per heavy atom. The second-order valence-electron chi connectivity index (χ2n) is 2.95. The monoisotopic (exact) mass is 213 g/mol. The van der Waals surface area contributed by atoms with Gasteiger partial charge in [0.05, 0.1) is 6.10 Å². The van der Waals surface area contributed by atoms with Crippen molar-refractivity contribution in [2.45, 2.75) is 6.10 Å². The van der Waals surface area contributed by atoms with Gasteiger partial charge in [0.2, 0.25) is 0 Å². The van der Waals surface area contributed by atoms with Crippen LogP contribution in [-0.2, 0) is 0 Å². The molecule has 0 bridgehead atoms. The molecule has 1 atom stereocenters. The molecule has 1 rings (SSSR count). The summed E-state index contributed by atoms with van der Waals surface area (Å²) in [6.45, 7) is -0.176. The van der Waals surface area contributed by atoms with Crippen molar-refractivity contribution in [1.82, 2.24) is 0 Å². The Hall–Kier alpha value is -1.79. The summed E-state index contributed by atoms with van der Waals surface area (Å²) < 4.78 is 0. The highest BCUT2D eigenvalue weighted by Gasteiger charge is 2.22. The van der Waals surface area contributed by atoms with Crippen LogP contribution in [0, 0.1) is 0 Å². The van der Waals surface area contributed by atoms with Crippen molar-refractivity contribution in [3.8, 4) is 11.5 Å². The first-order chi connectivity index (χ1) is 6.99. The molecule has 0 aliphatic carbocycles. The molecule has 0 saturated heterocycles. The zero-order valence-electron chi connectivity index (χ0n) is 7.71. The van der Waals surface area contributed by atoms with Crippen LogP contribution in [0.2, 0.25) is 0 Å². The van der Waals surface area contributed by atoms with Gasteiger partial charge < -0.3 is 26.2 Å². The number of aliphatic hydroxyl groups is 1. The number of rotatable bonds is 3. The third-order valence-electron chi connectivity index (χ3n) is 1.98. The Bertz CT molecular complexity index is 390. The Kier molecular flexibility index (Phi) is 3.13. The largest absolute Gasteiger partial charge is 0.504 e. The van der Waals surface area contributed by atoms with Crippen LogP contribution in [0.1, 0.15) is 22.0 Å². The second-order valence-corrected chi connectivity index (χ2v) is 2.95. The predicted molar refractivity (Wildman–Crippen MR) is 50.7 cm³/mol. The van der Waals surface area contributed by atoms with E-state index in [9.17, 15) is 15.0 Å². The molecule has 0 saturated carbocycles. The highest BCUT2D eigenvalue weighted by Crippen LogP contribution is 2.33. The smallest absolute Gasteiger partial charge is 0.340 e. The molecule has 82 valence electrons. The van der Waals surface area contributed by atoms with Crippen molar-refractivity contribution in [3.05, 3.63) is 23.3 Å². The molecule has 6 heteroatoms. The van der Waals surface area contributed by atoms with E-state index in [4.69, 9.17) is 15.9 Å². The van der Waals surface area contributed by atoms with E-state index in [0.29, 0.717) is 0 Å². The summed E-state index contributed by atoms with van der Waals surface area (Å²) in [5, 5.41) is 36.6. The van der Waals surface area contributed by atoms with Crippen LogP contribution in [0.15, 0.2) is 12.1 Å². The third-order valence-corrected chi connectivity index (χ3v) is 1.98. The van der Waals surface area contributed by atoms with E-state index < -0.39 is 29.1 Å². The van der Waals surface area contributed by atoms with E-state index in [1.54, 1.807) is 0 Å². The second kappa shape index (κ2) is 4.16. The quantitative estimate of drug-likeness (QED) is 0.442. The van der Waals surface area contributed by atoms with E-state index in [1.165, 1.54) is 6.07 Å². The molecule has 15 heavy (non-hydrogen) atoms. The third kappa shape index (κ3) is 2.00. The maximum atomic E-state index is 10.8. The van der Waals surface area contributed by atoms with Gasteiger partial charge in [-0.15, -0.1) is 0 Å². The first-order valence-corrected chi connectivity index (χ1v) is 4.15. The molecule has 0 aromatic heterocycles. The van der Waals surface area contributed by atoms with E-state index >= 15 is 0 Å². The number of aromatic hydroxyl groups is 2. The minimum Gasteiger partial charge on any atom is -0.504 e.